The predicted octanol–water partition coefficient (Wildman–Crippen LogP) is 5.91. The molecule has 28 heavy (non-hydrogen) atoms. The minimum absolute atomic E-state index is 0.0984. The monoisotopic (exact) mass is 416 g/mol. The molecular formula is C23H32O3SSi. The van der Waals surface area contributed by atoms with Gasteiger partial charge in [-0.1, -0.05) is 50.6 Å². The number of benzene rings is 1. The van der Waals surface area contributed by atoms with Gasteiger partial charge >= 0.3 is 5.97 Å². The second-order valence-electron chi connectivity index (χ2n) is 10.4. The number of fused-ring (bicyclic) bond motifs is 1. The molecule has 2 aliphatic heterocycles. The predicted molar refractivity (Wildman–Crippen MR) is 118 cm³/mol. The van der Waals surface area contributed by atoms with Gasteiger partial charge in [0.2, 0.25) is 0 Å². The third-order valence-corrected chi connectivity index (χ3v) is 13.3. The van der Waals surface area contributed by atoms with Crippen molar-refractivity contribution in [2.24, 2.45) is 11.8 Å². The Morgan fingerprint density at radius 2 is 1.89 bits per heavy atom. The lowest BCUT2D eigenvalue weighted by Gasteiger charge is -2.56. The van der Waals surface area contributed by atoms with Crippen LogP contribution in [0.25, 0.3) is 0 Å². The quantitative estimate of drug-likeness (QED) is 0.265. The van der Waals surface area contributed by atoms with Gasteiger partial charge in [0.05, 0.1) is 16.3 Å². The van der Waals surface area contributed by atoms with E-state index in [2.05, 4.69) is 65.9 Å². The summed E-state index contributed by atoms with van der Waals surface area (Å²) < 4.78 is 12.3. The Labute approximate surface area is 174 Å². The normalized spacial score (nSPS) is 31.0. The summed E-state index contributed by atoms with van der Waals surface area (Å²) in [6, 6.07) is 8.09. The molecule has 0 radical (unpaired) electrons. The molecule has 5 heteroatoms. The smallest absolute Gasteiger partial charge is 0.320 e. The van der Waals surface area contributed by atoms with Gasteiger partial charge in [0.15, 0.2) is 8.32 Å². The van der Waals surface area contributed by atoms with Gasteiger partial charge in [-0.2, -0.15) is 0 Å². The number of hydrogen-bond acceptors (Lipinski definition) is 4. The summed E-state index contributed by atoms with van der Waals surface area (Å²) in [6.45, 7) is 15.7. The first-order valence-corrected chi connectivity index (χ1v) is 14.2. The lowest BCUT2D eigenvalue weighted by molar-refractivity contribution is -0.144. The zero-order valence-electron chi connectivity index (χ0n) is 18.1. The molecule has 1 spiro atoms. The zero-order valence-corrected chi connectivity index (χ0v) is 19.9. The van der Waals surface area contributed by atoms with Crippen LogP contribution in [0.5, 0.6) is 5.75 Å². The van der Waals surface area contributed by atoms with Crippen molar-refractivity contribution in [1.29, 1.82) is 0 Å². The van der Waals surface area contributed by atoms with Crippen molar-refractivity contribution in [3.63, 3.8) is 0 Å². The van der Waals surface area contributed by atoms with Crippen LogP contribution in [-0.4, -0.2) is 25.6 Å². The van der Waals surface area contributed by atoms with E-state index < -0.39 is 13.9 Å². The summed E-state index contributed by atoms with van der Waals surface area (Å²) >= 11 is 1.94. The van der Waals surface area contributed by atoms with Gasteiger partial charge in [-0.05, 0) is 50.2 Å². The van der Waals surface area contributed by atoms with Crippen LogP contribution in [-0.2, 0) is 14.0 Å². The molecule has 3 nitrogen and oxygen atoms in total. The second kappa shape index (κ2) is 6.23. The molecule has 152 valence electrons. The summed E-state index contributed by atoms with van der Waals surface area (Å²) in [4.78, 5) is 13.0. The van der Waals surface area contributed by atoms with Crippen molar-refractivity contribution >= 4 is 26.0 Å². The SMILES string of the molecule is CC(C)(/C=C1/C2C(=O)Oc3ccccc3[C@]23SCC[C@H]13)O[Si](C)(C)C(C)(C)C. The van der Waals surface area contributed by atoms with Crippen molar-refractivity contribution in [2.45, 2.75) is 69.5 Å². The summed E-state index contributed by atoms with van der Waals surface area (Å²) in [5.41, 5.74) is 2.04. The van der Waals surface area contributed by atoms with Gasteiger partial charge in [0, 0.05) is 11.5 Å². The highest BCUT2D eigenvalue weighted by Gasteiger charge is 2.68. The highest BCUT2D eigenvalue weighted by Crippen LogP contribution is 2.71. The van der Waals surface area contributed by atoms with Crippen molar-refractivity contribution in [3.05, 3.63) is 41.5 Å². The second-order valence-corrected chi connectivity index (χ2v) is 16.5. The fraction of sp³-hybridized carbons (Fsp3) is 0.609. The van der Waals surface area contributed by atoms with Gasteiger partial charge in [0.25, 0.3) is 0 Å². The van der Waals surface area contributed by atoms with E-state index in [0.29, 0.717) is 5.92 Å². The van der Waals surface area contributed by atoms with Crippen LogP contribution in [0, 0.1) is 11.8 Å². The number of hydrogen-bond donors (Lipinski definition) is 0. The van der Waals surface area contributed by atoms with Crippen LogP contribution in [0.2, 0.25) is 18.1 Å². The number of thioether (sulfide) groups is 1. The first kappa shape index (κ1) is 20.2. The number of carbonyl (C=O) groups excluding carboxylic acids is 1. The lowest BCUT2D eigenvalue weighted by Crippen LogP contribution is -2.58. The van der Waals surface area contributed by atoms with Crippen LogP contribution < -0.4 is 4.74 Å². The van der Waals surface area contributed by atoms with Crippen LogP contribution >= 0.6 is 11.8 Å². The van der Waals surface area contributed by atoms with Crippen LogP contribution in [0.3, 0.4) is 0 Å². The Balaban J connectivity index is 1.71. The highest BCUT2D eigenvalue weighted by atomic mass is 32.2. The molecule has 0 amide bonds. The Morgan fingerprint density at radius 1 is 1.21 bits per heavy atom. The maximum absolute atomic E-state index is 13.0. The molecule has 1 saturated heterocycles. The van der Waals surface area contributed by atoms with Crippen LogP contribution in [0.15, 0.2) is 35.9 Å². The van der Waals surface area contributed by atoms with Crippen LogP contribution in [0.4, 0.5) is 0 Å². The molecule has 3 atom stereocenters. The molecule has 3 aliphatic rings. The van der Waals surface area contributed by atoms with Gasteiger partial charge in [-0.15, -0.1) is 11.8 Å². The summed E-state index contributed by atoms with van der Waals surface area (Å²) in [5.74, 6) is 1.96. The third-order valence-electron chi connectivity index (χ3n) is 7.02. The Morgan fingerprint density at radius 3 is 2.57 bits per heavy atom. The van der Waals surface area contributed by atoms with Gasteiger partial charge in [-0.25, -0.2) is 0 Å². The number of ether oxygens (including phenoxy) is 1. The molecule has 4 rings (SSSR count). The molecule has 1 aromatic carbocycles. The van der Waals surface area contributed by atoms with Gasteiger partial charge < -0.3 is 9.16 Å². The average Bonchev–Trinajstić information content (AvgIpc) is 2.89. The fourth-order valence-electron chi connectivity index (χ4n) is 4.92. The van der Waals surface area contributed by atoms with E-state index in [-0.39, 0.29) is 21.7 Å². The number of esters is 1. The van der Waals surface area contributed by atoms with Gasteiger partial charge in [-0.3, -0.25) is 4.79 Å². The maximum atomic E-state index is 13.0. The minimum Gasteiger partial charge on any atom is -0.426 e. The Bertz CT molecular complexity index is 852. The summed E-state index contributed by atoms with van der Waals surface area (Å²) in [5, 5.41) is 0.151. The van der Waals surface area contributed by atoms with Crippen molar-refractivity contribution < 1.29 is 14.0 Å². The molecule has 0 N–H and O–H groups in total. The number of para-hydroxylation sites is 1. The first-order chi connectivity index (χ1) is 12.9. The molecular weight excluding hydrogens is 384 g/mol. The Kier molecular flexibility index (Phi) is 4.50. The largest absolute Gasteiger partial charge is 0.426 e. The van der Waals surface area contributed by atoms with Gasteiger partial charge in [0.1, 0.15) is 5.75 Å². The maximum Gasteiger partial charge on any atom is 0.320 e. The van der Waals surface area contributed by atoms with E-state index in [1.54, 1.807) is 0 Å². The van der Waals surface area contributed by atoms with Crippen molar-refractivity contribution in [2.75, 3.05) is 5.75 Å². The lowest BCUT2D eigenvalue weighted by atomic mass is 9.55. The molecule has 1 saturated carbocycles. The molecule has 2 heterocycles. The Hall–Kier alpha value is -1.04. The van der Waals surface area contributed by atoms with E-state index in [4.69, 9.17) is 9.16 Å². The molecule has 0 bridgehead atoms. The van der Waals surface area contributed by atoms with E-state index in [0.717, 1.165) is 17.9 Å². The van der Waals surface area contributed by atoms with Crippen LogP contribution in [0.1, 0.15) is 46.6 Å². The molecule has 2 fully saturated rings. The topological polar surface area (TPSA) is 35.5 Å². The molecule has 1 unspecified atom stereocenters. The standard InChI is InChI=1S/C23H32O3SSi/c1-21(2,3)28(6,7)26-22(4,5)14-15-16-12-13-27-23(16)17-10-8-9-11-18(17)25-20(24)19(15)23/h8-11,14,16,19H,12-13H2,1-7H3/b15-14+/t16-,19?,23+/m1/s1. The van der Waals surface area contributed by atoms with E-state index in [1.807, 2.05) is 23.9 Å². The number of rotatable bonds is 3. The van der Waals surface area contributed by atoms with E-state index in [9.17, 15) is 4.79 Å². The van der Waals surface area contributed by atoms with Crippen molar-refractivity contribution in [3.8, 4) is 5.75 Å². The molecule has 0 aromatic heterocycles. The molecule has 1 aromatic rings. The summed E-state index contributed by atoms with van der Waals surface area (Å²) in [7, 11) is -1.92. The average molecular weight is 417 g/mol. The third kappa shape index (κ3) is 2.84. The van der Waals surface area contributed by atoms with Crippen molar-refractivity contribution in [1.82, 2.24) is 0 Å². The number of carbonyl (C=O) groups is 1. The fourth-order valence-corrected chi connectivity index (χ4v) is 8.47. The minimum atomic E-state index is -1.92. The van der Waals surface area contributed by atoms with E-state index in [1.165, 1.54) is 11.1 Å². The highest BCUT2D eigenvalue weighted by molar-refractivity contribution is 8.00. The molecule has 1 aliphatic carbocycles. The summed E-state index contributed by atoms with van der Waals surface area (Å²) in [6.07, 6.45) is 3.37. The first-order valence-electron chi connectivity index (χ1n) is 10.3. The van der Waals surface area contributed by atoms with E-state index >= 15 is 0 Å². The zero-order chi connectivity index (χ0) is 20.5.